The van der Waals surface area contributed by atoms with Gasteiger partial charge in [-0.2, -0.15) is 0 Å². The molecule has 0 aliphatic carbocycles. The lowest BCUT2D eigenvalue weighted by atomic mass is 9.91. The van der Waals surface area contributed by atoms with E-state index in [2.05, 4.69) is 10.6 Å². The molecular formula is C9H18N2O4. The van der Waals surface area contributed by atoms with Crippen LogP contribution in [0.25, 0.3) is 0 Å². The van der Waals surface area contributed by atoms with Crippen LogP contribution >= 0.6 is 0 Å². The van der Waals surface area contributed by atoms with Crippen molar-refractivity contribution < 1.29 is 20.1 Å². The number of rotatable bonds is 2. The molecule has 0 aromatic rings. The second kappa shape index (κ2) is 4.89. The van der Waals surface area contributed by atoms with E-state index in [-0.39, 0.29) is 18.5 Å². The van der Waals surface area contributed by atoms with Crippen LogP contribution < -0.4 is 10.6 Å². The first kappa shape index (κ1) is 12.4. The molecule has 5 N–H and O–H groups in total. The van der Waals surface area contributed by atoms with E-state index in [1.807, 2.05) is 0 Å². The van der Waals surface area contributed by atoms with Crippen LogP contribution in [0.3, 0.4) is 0 Å². The third-order valence-corrected chi connectivity index (χ3v) is 2.67. The number of aliphatic hydroxyl groups excluding tert-OH is 3. The van der Waals surface area contributed by atoms with Crippen LogP contribution in [0.5, 0.6) is 0 Å². The van der Waals surface area contributed by atoms with Crippen LogP contribution in [0.1, 0.15) is 13.8 Å². The number of nitrogens with one attached hydrogen (secondary N) is 2. The van der Waals surface area contributed by atoms with Gasteiger partial charge in [-0.15, -0.1) is 0 Å². The Morgan fingerprint density at radius 2 is 1.87 bits per heavy atom. The van der Waals surface area contributed by atoms with E-state index in [0.717, 1.165) is 0 Å². The van der Waals surface area contributed by atoms with Crippen molar-refractivity contribution in [1.82, 2.24) is 10.6 Å². The molecule has 0 radical (unpaired) electrons. The largest absolute Gasteiger partial charge is 0.389 e. The Bertz CT molecular complexity index is 236. The standard InChI is InChI=1S/C9H18N2O4/c1-4-7(13)9(15)8(14)6(11-4)3-10-5(2)12/h4,6-9,11,13-15H,3H2,1-2H3,(H,10,12). The molecule has 0 aromatic carbocycles. The van der Waals surface area contributed by atoms with Gasteiger partial charge in [-0.3, -0.25) is 4.79 Å². The van der Waals surface area contributed by atoms with Crippen molar-refractivity contribution in [3.8, 4) is 0 Å². The van der Waals surface area contributed by atoms with Crippen molar-refractivity contribution >= 4 is 5.91 Å². The number of hydrogen-bond acceptors (Lipinski definition) is 5. The van der Waals surface area contributed by atoms with E-state index in [0.29, 0.717) is 0 Å². The van der Waals surface area contributed by atoms with Gasteiger partial charge < -0.3 is 26.0 Å². The number of hydrogen-bond donors (Lipinski definition) is 5. The van der Waals surface area contributed by atoms with Crippen molar-refractivity contribution in [2.24, 2.45) is 0 Å². The molecule has 5 unspecified atom stereocenters. The summed E-state index contributed by atoms with van der Waals surface area (Å²) in [6.45, 7) is 3.31. The molecule has 0 bridgehead atoms. The molecule has 0 aromatic heterocycles. The summed E-state index contributed by atoms with van der Waals surface area (Å²) >= 11 is 0. The second-order valence-corrected chi connectivity index (χ2v) is 3.97. The van der Waals surface area contributed by atoms with Gasteiger partial charge in [0.05, 0.1) is 18.2 Å². The molecule has 5 atom stereocenters. The molecule has 1 saturated heterocycles. The highest BCUT2D eigenvalue weighted by Crippen LogP contribution is 2.14. The Kier molecular flexibility index (Phi) is 4.04. The molecule has 1 rings (SSSR count). The maximum atomic E-state index is 10.7. The lowest BCUT2D eigenvalue weighted by Gasteiger charge is -2.40. The lowest BCUT2D eigenvalue weighted by molar-refractivity contribution is -0.122. The highest BCUT2D eigenvalue weighted by molar-refractivity contribution is 5.72. The summed E-state index contributed by atoms with van der Waals surface area (Å²) < 4.78 is 0. The number of amides is 1. The highest BCUT2D eigenvalue weighted by atomic mass is 16.4. The van der Waals surface area contributed by atoms with Crippen LogP contribution in [0.2, 0.25) is 0 Å². The first-order valence-corrected chi connectivity index (χ1v) is 4.98. The number of carbonyl (C=O) groups excluding carboxylic acids is 1. The minimum atomic E-state index is -1.18. The number of aliphatic hydroxyl groups is 3. The average Bonchev–Trinajstić information content (AvgIpc) is 2.18. The molecular weight excluding hydrogens is 200 g/mol. The SMILES string of the molecule is CC(=O)NCC1NC(C)C(O)C(O)C1O. The van der Waals surface area contributed by atoms with Gasteiger partial charge in [-0.05, 0) is 6.92 Å². The number of piperidine rings is 1. The van der Waals surface area contributed by atoms with Gasteiger partial charge in [-0.1, -0.05) is 0 Å². The molecule has 1 aliphatic rings. The zero-order valence-electron chi connectivity index (χ0n) is 8.84. The van der Waals surface area contributed by atoms with Crippen molar-refractivity contribution in [1.29, 1.82) is 0 Å². The first-order valence-electron chi connectivity index (χ1n) is 4.98. The van der Waals surface area contributed by atoms with Gasteiger partial charge in [0, 0.05) is 19.5 Å². The zero-order valence-corrected chi connectivity index (χ0v) is 8.84. The van der Waals surface area contributed by atoms with Crippen molar-refractivity contribution in [2.45, 2.75) is 44.2 Å². The highest BCUT2D eigenvalue weighted by Gasteiger charge is 2.40. The van der Waals surface area contributed by atoms with Gasteiger partial charge in [-0.25, -0.2) is 0 Å². The molecule has 1 aliphatic heterocycles. The minimum Gasteiger partial charge on any atom is -0.389 e. The molecule has 1 amide bonds. The van der Waals surface area contributed by atoms with Crippen molar-refractivity contribution in [2.75, 3.05) is 6.54 Å². The Hall–Kier alpha value is -0.690. The monoisotopic (exact) mass is 218 g/mol. The predicted octanol–water partition coefficient (Wildman–Crippen LogP) is -2.43. The number of carbonyl (C=O) groups is 1. The van der Waals surface area contributed by atoms with Crippen LogP contribution in [-0.2, 0) is 4.79 Å². The van der Waals surface area contributed by atoms with Crippen LogP contribution in [-0.4, -0.2) is 58.2 Å². The summed E-state index contributed by atoms with van der Waals surface area (Å²) in [5, 5.41) is 34.0. The summed E-state index contributed by atoms with van der Waals surface area (Å²) in [5.41, 5.74) is 0. The van der Waals surface area contributed by atoms with Gasteiger partial charge in [0.2, 0.25) is 5.91 Å². The summed E-state index contributed by atoms with van der Waals surface area (Å²) in [4.78, 5) is 10.7. The third kappa shape index (κ3) is 2.88. The topological polar surface area (TPSA) is 102 Å². The second-order valence-electron chi connectivity index (χ2n) is 3.97. The van der Waals surface area contributed by atoms with Crippen LogP contribution in [0.15, 0.2) is 0 Å². The average molecular weight is 218 g/mol. The molecule has 1 fully saturated rings. The van der Waals surface area contributed by atoms with Crippen molar-refractivity contribution in [3.05, 3.63) is 0 Å². The summed E-state index contributed by atoms with van der Waals surface area (Å²) in [5.74, 6) is -0.197. The minimum absolute atomic E-state index is 0.197. The van der Waals surface area contributed by atoms with E-state index >= 15 is 0 Å². The van der Waals surface area contributed by atoms with E-state index in [4.69, 9.17) is 0 Å². The van der Waals surface area contributed by atoms with Crippen LogP contribution in [0.4, 0.5) is 0 Å². The molecule has 0 saturated carbocycles. The Morgan fingerprint density at radius 3 is 2.40 bits per heavy atom. The Labute approximate surface area is 88.3 Å². The molecule has 1 heterocycles. The van der Waals surface area contributed by atoms with Crippen molar-refractivity contribution in [3.63, 3.8) is 0 Å². The summed E-state index contributed by atoms with van der Waals surface area (Å²) in [6.07, 6.45) is -3.25. The quantitative estimate of drug-likeness (QED) is 0.354. The van der Waals surface area contributed by atoms with Gasteiger partial charge in [0.25, 0.3) is 0 Å². The Morgan fingerprint density at radius 1 is 1.27 bits per heavy atom. The fourth-order valence-corrected chi connectivity index (χ4v) is 1.70. The molecule has 0 spiro atoms. The molecule has 6 nitrogen and oxygen atoms in total. The van der Waals surface area contributed by atoms with E-state index < -0.39 is 24.4 Å². The fraction of sp³-hybridized carbons (Fsp3) is 0.889. The van der Waals surface area contributed by atoms with E-state index in [1.165, 1.54) is 6.92 Å². The van der Waals surface area contributed by atoms with E-state index in [9.17, 15) is 20.1 Å². The molecule has 88 valence electrons. The van der Waals surface area contributed by atoms with E-state index in [1.54, 1.807) is 6.92 Å². The fourth-order valence-electron chi connectivity index (χ4n) is 1.70. The normalized spacial score (nSPS) is 41.3. The molecule has 6 heteroatoms. The predicted molar refractivity (Wildman–Crippen MR) is 53.1 cm³/mol. The summed E-state index contributed by atoms with van der Waals surface area (Å²) in [7, 11) is 0. The maximum absolute atomic E-state index is 10.7. The lowest BCUT2D eigenvalue weighted by Crippen LogP contribution is -2.66. The smallest absolute Gasteiger partial charge is 0.216 e. The van der Waals surface area contributed by atoms with Gasteiger partial charge in [0.1, 0.15) is 6.10 Å². The first-order chi connectivity index (χ1) is 6.93. The Balaban J connectivity index is 2.54. The van der Waals surface area contributed by atoms with Gasteiger partial charge >= 0.3 is 0 Å². The molecule has 15 heavy (non-hydrogen) atoms. The summed E-state index contributed by atoms with van der Waals surface area (Å²) in [6, 6.07) is -0.760. The van der Waals surface area contributed by atoms with Gasteiger partial charge in [0.15, 0.2) is 0 Å². The zero-order chi connectivity index (χ0) is 11.6. The maximum Gasteiger partial charge on any atom is 0.216 e. The third-order valence-electron chi connectivity index (χ3n) is 2.67. The van der Waals surface area contributed by atoms with Crippen LogP contribution in [0, 0.1) is 0 Å².